The summed E-state index contributed by atoms with van der Waals surface area (Å²) < 4.78 is 5.61. The third-order valence-corrected chi connectivity index (χ3v) is 3.98. The summed E-state index contributed by atoms with van der Waals surface area (Å²) in [7, 11) is 0. The minimum absolute atomic E-state index is 0.249. The van der Waals surface area contributed by atoms with Gasteiger partial charge in [-0.05, 0) is 30.3 Å². The van der Waals surface area contributed by atoms with E-state index in [1.807, 2.05) is 36.5 Å². The van der Waals surface area contributed by atoms with Gasteiger partial charge in [0, 0.05) is 35.1 Å². The van der Waals surface area contributed by atoms with Crippen molar-refractivity contribution in [3.8, 4) is 0 Å². The number of nitrogens with zero attached hydrogens (tertiary/aromatic N) is 2. The van der Waals surface area contributed by atoms with Crippen LogP contribution in [-0.2, 0) is 0 Å². The molecule has 4 aromatic rings. The number of halogens is 1. The van der Waals surface area contributed by atoms with Crippen LogP contribution in [0.15, 0.2) is 65.7 Å². The molecule has 4 rings (SSSR count). The van der Waals surface area contributed by atoms with E-state index in [2.05, 4.69) is 20.3 Å². The topological polar surface area (TPSA) is 66.7 Å². The van der Waals surface area contributed by atoms with Crippen molar-refractivity contribution in [3.05, 3.63) is 77.6 Å². The molecule has 0 saturated heterocycles. The maximum absolute atomic E-state index is 6.40. The molecule has 23 heavy (non-hydrogen) atoms. The molecule has 0 aliphatic carbocycles. The Morgan fingerprint density at radius 2 is 1.96 bits per heavy atom. The van der Waals surface area contributed by atoms with E-state index in [1.165, 1.54) is 0 Å². The van der Waals surface area contributed by atoms with Crippen molar-refractivity contribution in [3.63, 3.8) is 0 Å². The van der Waals surface area contributed by atoms with Gasteiger partial charge in [0.25, 0.3) is 0 Å². The summed E-state index contributed by atoms with van der Waals surface area (Å²) in [5.74, 6) is 1.29. The highest BCUT2D eigenvalue weighted by Gasteiger charge is 2.22. The van der Waals surface area contributed by atoms with Gasteiger partial charge < -0.3 is 14.7 Å². The Balaban J connectivity index is 1.84. The van der Waals surface area contributed by atoms with Crippen molar-refractivity contribution in [1.82, 2.24) is 15.0 Å². The lowest BCUT2D eigenvalue weighted by Gasteiger charge is -2.16. The molecule has 0 spiro atoms. The number of hydrogen-bond acceptors (Lipinski definition) is 4. The van der Waals surface area contributed by atoms with E-state index in [0.29, 0.717) is 11.0 Å². The zero-order valence-electron chi connectivity index (χ0n) is 12.0. The van der Waals surface area contributed by atoms with Gasteiger partial charge in [-0.25, -0.2) is 9.97 Å². The van der Waals surface area contributed by atoms with Crippen LogP contribution >= 0.6 is 11.6 Å². The van der Waals surface area contributed by atoms with Crippen molar-refractivity contribution in [2.75, 3.05) is 5.32 Å². The predicted octanol–water partition coefficient (Wildman–Crippen LogP) is 4.41. The highest BCUT2D eigenvalue weighted by atomic mass is 35.5. The number of fused-ring (bicyclic) bond motifs is 1. The largest absolute Gasteiger partial charge is 0.467 e. The minimum atomic E-state index is -0.249. The van der Waals surface area contributed by atoms with E-state index in [-0.39, 0.29) is 6.04 Å². The number of hydrogen-bond donors (Lipinski definition) is 2. The Morgan fingerprint density at radius 1 is 1.09 bits per heavy atom. The van der Waals surface area contributed by atoms with Crippen LogP contribution in [0, 0.1) is 0 Å². The normalized spacial score (nSPS) is 12.4. The molecule has 0 amide bonds. The molecule has 0 aliphatic rings. The van der Waals surface area contributed by atoms with Gasteiger partial charge in [-0.3, -0.25) is 0 Å². The second-order valence-electron chi connectivity index (χ2n) is 5.07. The van der Waals surface area contributed by atoms with Gasteiger partial charge in [0.2, 0.25) is 5.95 Å². The van der Waals surface area contributed by atoms with E-state index >= 15 is 0 Å². The number of furan rings is 1. The van der Waals surface area contributed by atoms with E-state index < -0.39 is 0 Å². The van der Waals surface area contributed by atoms with Crippen LogP contribution in [0.2, 0.25) is 5.02 Å². The molecular formula is C17H13ClN4O. The number of benzene rings is 1. The zero-order chi connectivity index (χ0) is 15.6. The van der Waals surface area contributed by atoms with E-state index in [0.717, 1.165) is 22.2 Å². The average Bonchev–Trinajstić information content (AvgIpc) is 3.24. The first kappa shape index (κ1) is 13.8. The lowest BCUT2D eigenvalue weighted by molar-refractivity contribution is 0.499. The summed E-state index contributed by atoms with van der Waals surface area (Å²) in [6, 6.07) is 11.1. The predicted molar refractivity (Wildman–Crippen MR) is 89.5 cm³/mol. The van der Waals surface area contributed by atoms with Crippen molar-refractivity contribution in [2.45, 2.75) is 6.04 Å². The van der Waals surface area contributed by atoms with Crippen LogP contribution in [-0.4, -0.2) is 15.0 Å². The SMILES string of the molecule is Clc1cccc2[nH]cc(C(Nc3ncccn3)c3ccco3)c12. The number of rotatable bonds is 4. The number of aromatic nitrogens is 3. The Kier molecular flexibility index (Phi) is 3.48. The maximum Gasteiger partial charge on any atom is 0.223 e. The van der Waals surface area contributed by atoms with E-state index in [1.54, 1.807) is 24.7 Å². The number of H-pyrrole nitrogens is 1. The van der Waals surface area contributed by atoms with E-state index in [4.69, 9.17) is 16.0 Å². The molecule has 1 aromatic carbocycles. The van der Waals surface area contributed by atoms with Crippen LogP contribution in [0.3, 0.4) is 0 Å². The molecule has 0 fully saturated rings. The molecule has 3 aromatic heterocycles. The summed E-state index contributed by atoms with van der Waals surface area (Å²) in [5, 5.41) is 4.95. The second-order valence-corrected chi connectivity index (χ2v) is 5.48. The van der Waals surface area contributed by atoms with Gasteiger partial charge in [0.1, 0.15) is 11.8 Å². The van der Waals surface area contributed by atoms with Crippen LogP contribution in [0.4, 0.5) is 5.95 Å². The summed E-state index contributed by atoms with van der Waals surface area (Å²) in [4.78, 5) is 11.7. The quantitative estimate of drug-likeness (QED) is 0.583. The molecule has 0 saturated carbocycles. The third-order valence-electron chi connectivity index (χ3n) is 3.66. The minimum Gasteiger partial charge on any atom is -0.467 e. The summed E-state index contributed by atoms with van der Waals surface area (Å²) in [5.41, 5.74) is 1.95. The van der Waals surface area contributed by atoms with Gasteiger partial charge >= 0.3 is 0 Å². The number of nitrogens with one attached hydrogen (secondary N) is 2. The van der Waals surface area contributed by atoms with Gasteiger partial charge in [0.15, 0.2) is 0 Å². The zero-order valence-corrected chi connectivity index (χ0v) is 12.8. The Hall–Kier alpha value is -2.79. The van der Waals surface area contributed by atoms with Crippen LogP contribution in [0.5, 0.6) is 0 Å². The van der Waals surface area contributed by atoms with Gasteiger partial charge in [-0.15, -0.1) is 0 Å². The lowest BCUT2D eigenvalue weighted by atomic mass is 10.0. The smallest absolute Gasteiger partial charge is 0.223 e. The van der Waals surface area contributed by atoms with Crippen molar-refractivity contribution < 1.29 is 4.42 Å². The fourth-order valence-corrected chi connectivity index (χ4v) is 2.94. The highest BCUT2D eigenvalue weighted by Crippen LogP contribution is 2.35. The van der Waals surface area contributed by atoms with Crippen LogP contribution < -0.4 is 5.32 Å². The summed E-state index contributed by atoms with van der Waals surface area (Å²) in [6.07, 6.45) is 6.96. The maximum atomic E-state index is 6.40. The van der Waals surface area contributed by atoms with Gasteiger partial charge in [-0.1, -0.05) is 17.7 Å². The second kappa shape index (κ2) is 5.78. The van der Waals surface area contributed by atoms with Crippen LogP contribution in [0.1, 0.15) is 17.4 Å². The molecular weight excluding hydrogens is 312 g/mol. The Morgan fingerprint density at radius 3 is 2.74 bits per heavy atom. The van der Waals surface area contributed by atoms with Crippen molar-refractivity contribution in [1.29, 1.82) is 0 Å². The third kappa shape index (κ3) is 2.55. The monoisotopic (exact) mass is 324 g/mol. The fraction of sp³-hybridized carbons (Fsp3) is 0.0588. The molecule has 6 heteroatoms. The molecule has 0 aliphatic heterocycles. The van der Waals surface area contributed by atoms with E-state index in [9.17, 15) is 0 Å². The molecule has 5 nitrogen and oxygen atoms in total. The van der Waals surface area contributed by atoms with Crippen molar-refractivity contribution >= 4 is 28.5 Å². The lowest BCUT2D eigenvalue weighted by Crippen LogP contribution is -2.13. The standard InChI is InChI=1S/C17H13ClN4O/c18-12-4-1-5-13-15(12)11(10-21-13)16(14-6-2-9-23-14)22-17-19-7-3-8-20-17/h1-10,16,21H,(H,19,20,22). The first-order chi connectivity index (χ1) is 11.3. The molecule has 1 unspecified atom stereocenters. The summed E-state index contributed by atoms with van der Waals surface area (Å²) >= 11 is 6.40. The molecule has 0 bridgehead atoms. The van der Waals surface area contributed by atoms with Gasteiger partial charge in [0.05, 0.1) is 11.3 Å². The van der Waals surface area contributed by atoms with Crippen LogP contribution in [0.25, 0.3) is 10.9 Å². The molecule has 1 atom stereocenters. The highest BCUT2D eigenvalue weighted by molar-refractivity contribution is 6.35. The molecule has 2 N–H and O–H groups in total. The first-order valence-electron chi connectivity index (χ1n) is 7.15. The fourth-order valence-electron chi connectivity index (χ4n) is 2.65. The number of anilines is 1. The molecule has 114 valence electrons. The van der Waals surface area contributed by atoms with Gasteiger partial charge in [-0.2, -0.15) is 0 Å². The molecule has 3 heterocycles. The Bertz CT molecular complexity index is 918. The summed E-state index contributed by atoms with van der Waals surface area (Å²) in [6.45, 7) is 0. The molecule has 0 radical (unpaired) electrons. The number of aromatic amines is 1. The average molecular weight is 325 g/mol. The van der Waals surface area contributed by atoms with Crippen molar-refractivity contribution in [2.24, 2.45) is 0 Å². The first-order valence-corrected chi connectivity index (χ1v) is 7.53. The Labute approximate surface area is 137 Å².